The van der Waals surface area contributed by atoms with Gasteiger partial charge in [-0.1, -0.05) is 24.3 Å². The standard InChI is InChI=1S/C17H26N2O/c1-13(18)14-6-9-19(10-7-14)12-17-16-5-3-2-4-15(16)8-11-20-17/h2-5,13-14,17H,6-12,18H2,1H3. The monoisotopic (exact) mass is 274 g/mol. The first-order valence-corrected chi connectivity index (χ1v) is 7.91. The number of hydrogen-bond acceptors (Lipinski definition) is 3. The van der Waals surface area contributed by atoms with E-state index in [1.807, 2.05) is 0 Å². The third-order valence-electron chi connectivity index (χ3n) is 4.89. The molecule has 0 saturated carbocycles. The van der Waals surface area contributed by atoms with E-state index < -0.39 is 0 Å². The van der Waals surface area contributed by atoms with E-state index in [4.69, 9.17) is 10.5 Å². The van der Waals surface area contributed by atoms with Gasteiger partial charge < -0.3 is 15.4 Å². The molecule has 0 amide bonds. The number of likely N-dealkylation sites (tertiary alicyclic amines) is 1. The van der Waals surface area contributed by atoms with E-state index in [2.05, 4.69) is 36.1 Å². The second-order valence-electron chi connectivity index (χ2n) is 6.31. The maximum Gasteiger partial charge on any atom is 0.0954 e. The SMILES string of the molecule is CC(N)C1CCN(CC2OCCc3ccccc32)CC1. The quantitative estimate of drug-likeness (QED) is 0.919. The number of nitrogens with two attached hydrogens (primary N) is 1. The molecule has 0 aliphatic carbocycles. The molecule has 1 aromatic carbocycles. The fraction of sp³-hybridized carbons (Fsp3) is 0.647. The van der Waals surface area contributed by atoms with Crippen molar-refractivity contribution in [3.63, 3.8) is 0 Å². The highest BCUT2D eigenvalue weighted by Crippen LogP contribution is 2.29. The summed E-state index contributed by atoms with van der Waals surface area (Å²) < 4.78 is 6.02. The number of hydrogen-bond donors (Lipinski definition) is 1. The van der Waals surface area contributed by atoms with E-state index in [1.165, 1.54) is 24.0 Å². The van der Waals surface area contributed by atoms with Gasteiger partial charge in [-0.2, -0.15) is 0 Å². The predicted molar refractivity (Wildman–Crippen MR) is 81.7 cm³/mol. The number of rotatable bonds is 3. The Labute approximate surface area is 122 Å². The highest BCUT2D eigenvalue weighted by molar-refractivity contribution is 5.31. The second kappa shape index (κ2) is 6.25. The molecule has 1 saturated heterocycles. The largest absolute Gasteiger partial charge is 0.372 e. The Kier molecular flexibility index (Phi) is 4.39. The van der Waals surface area contributed by atoms with E-state index in [0.29, 0.717) is 12.0 Å². The minimum absolute atomic E-state index is 0.256. The van der Waals surface area contributed by atoms with Crippen LogP contribution in [-0.4, -0.2) is 37.2 Å². The van der Waals surface area contributed by atoms with Crippen LogP contribution in [0.25, 0.3) is 0 Å². The number of fused-ring (bicyclic) bond motifs is 1. The molecular formula is C17H26N2O. The number of ether oxygens (including phenoxy) is 1. The summed E-state index contributed by atoms with van der Waals surface area (Å²) in [6.07, 6.45) is 3.77. The Morgan fingerprint density at radius 1 is 1.30 bits per heavy atom. The van der Waals surface area contributed by atoms with Gasteiger partial charge in [-0.05, 0) is 56.3 Å². The van der Waals surface area contributed by atoms with Gasteiger partial charge in [0.2, 0.25) is 0 Å². The summed E-state index contributed by atoms with van der Waals surface area (Å²) in [5.41, 5.74) is 8.88. The van der Waals surface area contributed by atoms with Gasteiger partial charge in [0.15, 0.2) is 0 Å². The Morgan fingerprint density at radius 2 is 2.05 bits per heavy atom. The lowest BCUT2D eigenvalue weighted by atomic mass is 9.90. The zero-order valence-corrected chi connectivity index (χ0v) is 12.4. The number of piperidine rings is 1. The van der Waals surface area contributed by atoms with Crippen LogP contribution in [0.2, 0.25) is 0 Å². The van der Waals surface area contributed by atoms with Gasteiger partial charge in [0, 0.05) is 12.6 Å². The second-order valence-corrected chi connectivity index (χ2v) is 6.31. The molecule has 0 spiro atoms. The molecule has 1 fully saturated rings. The van der Waals surface area contributed by atoms with Crippen LogP contribution in [0, 0.1) is 5.92 Å². The van der Waals surface area contributed by atoms with Crippen LogP contribution >= 0.6 is 0 Å². The Hall–Kier alpha value is -0.900. The van der Waals surface area contributed by atoms with Crippen LogP contribution in [0.15, 0.2) is 24.3 Å². The maximum absolute atomic E-state index is 6.02. The third kappa shape index (κ3) is 3.05. The first-order valence-electron chi connectivity index (χ1n) is 7.91. The van der Waals surface area contributed by atoms with Crippen LogP contribution in [0.5, 0.6) is 0 Å². The molecule has 3 heteroatoms. The van der Waals surface area contributed by atoms with Crippen molar-refractivity contribution in [1.82, 2.24) is 4.90 Å². The molecule has 0 aromatic heterocycles. The van der Waals surface area contributed by atoms with Gasteiger partial charge in [0.05, 0.1) is 12.7 Å². The molecule has 2 aliphatic heterocycles. The van der Waals surface area contributed by atoms with Gasteiger partial charge in [0.1, 0.15) is 0 Å². The Bertz CT molecular complexity index is 438. The molecule has 2 atom stereocenters. The van der Waals surface area contributed by atoms with E-state index in [1.54, 1.807) is 0 Å². The van der Waals surface area contributed by atoms with Gasteiger partial charge in [-0.15, -0.1) is 0 Å². The van der Waals surface area contributed by atoms with Crippen molar-refractivity contribution in [3.8, 4) is 0 Å². The molecule has 0 bridgehead atoms. The zero-order chi connectivity index (χ0) is 13.9. The van der Waals surface area contributed by atoms with Gasteiger partial charge in [0.25, 0.3) is 0 Å². The molecule has 2 N–H and O–H groups in total. The van der Waals surface area contributed by atoms with Crippen LogP contribution in [0.3, 0.4) is 0 Å². The third-order valence-corrected chi connectivity index (χ3v) is 4.89. The van der Waals surface area contributed by atoms with Gasteiger partial charge in [-0.25, -0.2) is 0 Å². The molecule has 3 rings (SSSR count). The van der Waals surface area contributed by atoms with Crippen molar-refractivity contribution in [2.24, 2.45) is 11.7 Å². The minimum Gasteiger partial charge on any atom is -0.372 e. The molecular weight excluding hydrogens is 248 g/mol. The van der Waals surface area contributed by atoms with E-state index in [0.717, 1.165) is 32.7 Å². The van der Waals surface area contributed by atoms with Crippen molar-refractivity contribution >= 4 is 0 Å². The highest BCUT2D eigenvalue weighted by Gasteiger charge is 2.26. The first-order chi connectivity index (χ1) is 9.74. The van der Waals surface area contributed by atoms with Crippen LogP contribution < -0.4 is 5.73 Å². The summed E-state index contributed by atoms with van der Waals surface area (Å²) in [7, 11) is 0. The van der Waals surface area contributed by atoms with Crippen molar-refractivity contribution < 1.29 is 4.74 Å². The molecule has 2 aliphatic rings. The maximum atomic E-state index is 6.02. The summed E-state index contributed by atoms with van der Waals surface area (Å²) in [5.74, 6) is 0.700. The van der Waals surface area contributed by atoms with Crippen LogP contribution in [0.1, 0.15) is 37.0 Å². The molecule has 20 heavy (non-hydrogen) atoms. The molecule has 0 radical (unpaired) electrons. The normalized spacial score (nSPS) is 26.2. The summed E-state index contributed by atoms with van der Waals surface area (Å²) in [5, 5.41) is 0. The van der Waals surface area contributed by atoms with Gasteiger partial charge >= 0.3 is 0 Å². The summed E-state index contributed by atoms with van der Waals surface area (Å²) >= 11 is 0. The predicted octanol–water partition coefficient (Wildman–Crippen LogP) is 2.36. The van der Waals surface area contributed by atoms with E-state index in [-0.39, 0.29) is 6.10 Å². The fourth-order valence-electron chi connectivity index (χ4n) is 3.52. The van der Waals surface area contributed by atoms with E-state index in [9.17, 15) is 0 Å². The van der Waals surface area contributed by atoms with Gasteiger partial charge in [-0.3, -0.25) is 0 Å². The lowest BCUT2D eigenvalue weighted by Crippen LogP contribution is -2.42. The van der Waals surface area contributed by atoms with Crippen molar-refractivity contribution in [2.75, 3.05) is 26.2 Å². The molecule has 3 nitrogen and oxygen atoms in total. The number of nitrogens with zero attached hydrogens (tertiary/aromatic N) is 1. The van der Waals surface area contributed by atoms with Crippen molar-refractivity contribution in [3.05, 3.63) is 35.4 Å². The number of benzene rings is 1. The van der Waals surface area contributed by atoms with Crippen molar-refractivity contribution in [1.29, 1.82) is 0 Å². The van der Waals surface area contributed by atoms with Crippen LogP contribution in [0.4, 0.5) is 0 Å². The average Bonchev–Trinajstić information content (AvgIpc) is 2.48. The Morgan fingerprint density at radius 3 is 2.80 bits per heavy atom. The first kappa shape index (κ1) is 14.1. The molecule has 2 unspecified atom stereocenters. The molecule has 110 valence electrons. The summed E-state index contributed by atoms with van der Waals surface area (Å²) in [6.45, 7) is 6.35. The topological polar surface area (TPSA) is 38.5 Å². The smallest absolute Gasteiger partial charge is 0.0954 e. The fourth-order valence-corrected chi connectivity index (χ4v) is 3.52. The van der Waals surface area contributed by atoms with Crippen LogP contribution in [-0.2, 0) is 11.2 Å². The Balaban J connectivity index is 1.60. The average molecular weight is 274 g/mol. The lowest BCUT2D eigenvalue weighted by Gasteiger charge is -2.37. The molecule has 2 heterocycles. The minimum atomic E-state index is 0.256. The van der Waals surface area contributed by atoms with E-state index >= 15 is 0 Å². The summed E-state index contributed by atoms with van der Waals surface area (Å²) in [6, 6.07) is 9.07. The highest BCUT2D eigenvalue weighted by atomic mass is 16.5. The summed E-state index contributed by atoms with van der Waals surface area (Å²) in [4.78, 5) is 2.55. The molecule has 1 aromatic rings. The zero-order valence-electron chi connectivity index (χ0n) is 12.4. The van der Waals surface area contributed by atoms with Crippen molar-refractivity contribution in [2.45, 2.75) is 38.3 Å². The lowest BCUT2D eigenvalue weighted by molar-refractivity contribution is 0.00790.